The van der Waals surface area contributed by atoms with Crippen LogP contribution in [-0.4, -0.2) is 54.3 Å². The van der Waals surface area contributed by atoms with Crippen LogP contribution in [0.1, 0.15) is 48.3 Å². The quantitative estimate of drug-likeness (QED) is 0.764. The number of hydrogen-bond acceptors (Lipinski definition) is 3. The average molecular weight is 408 g/mol. The van der Waals surface area contributed by atoms with Gasteiger partial charge in [-0.15, -0.1) is 0 Å². The van der Waals surface area contributed by atoms with Gasteiger partial charge in [0.2, 0.25) is 5.91 Å². The predicted octanol–water partition coefficient (Wildman–Crippen LogP) is 3.52. The van der Waals surface area contributed by atoms with E-state index in [1.165, 1.54) is 5.56 Å². The van der Waals surface area contributed by atoms with Crippen molar-refractivity contribution in [2.24, 2.45) is 5.92 Å². The van der Waals surface area contributed by atoms with Crippen molar-refractivity contribution in [2.75, 3.05) is 32.7 Å². The first kappa shape index (κ1) is 22.0. The van der Waals surface area contributed by atoms with Gasteiger partial charge in [0, 0.05) is 31.7 Å². The molecule has 2 aromatic carbocycles. The summed E-state index contributed by atoms with van der Waals surface area (Å²) in [4.78, 5) is 29.3. The van der Waals surface area contributed by atoms with Crippen molar-refractivity contribution in [3.8, 4) is 0 Å². The molecule has 0 radical (unpaired) electrons. The fourth-order valence-electron chi connectivity index (χ4n) is 3.89. The Balaban J connectivity index is 1.51. The fraction of sp³-hybridized carbons (Fsp3) is 0.440. The maximum Gasteiger partial charge on any atom is 0.253 e. The lowest BCUT2D eigenvalue weighted by molar-refractivity contribution is -0.123. The van der Waals surface area contributed by atoms with E-state index in [0.717, 1.165) is 17.5 Å². The van der Waals surface area contributed by atoms with E-state index in [0.29, 0.717) is 38.6 Å². The molecule has 5 nitrogen and oxygen atoms in total. The number of hydrogen-bond donors (Lipinski definition) is 1. The molecule has 5 heteroatoms. The molecule has 2 aromatic rings. The molecule has 3 rings (SSSR count). The van der Waals surface area contributed by atoms with Crippen molar-refractivity contribution in [1.82, 2.24) is 15.1 Å². The SMILES string of the molecule is CCc1ccc([C@@H](NC(=O)CN2CCN(C(=O)c3ccccc3)CC2)C(C)C)cc1. The lowest BCUT2D eigenvalue weighted by Crippen LogP contribution is -2.51. The van der Waals surface area contributed by atoms with Gasteiger partial charge in [-0.1, -0.05) is 63.2 Å². The van der Waals surface area contributed by atoms with Crippen LogP contribution in [0.2, 0.25) is 0 Å². The van der Waals surface area contributed by atoms with Gasteiger partial charge in [0.25, 0.3) is 5.91 Å². The van der Waals surface area contributed by atoms with Crippen molar-refractivity contribution >= 4 is 11.8 Å². The van der Waals surface area contributed by atoms with Gasteiger partial charge in [-0.2, -0.15) is 0 Å². The molecule has 1 fully saturated rings. The number of nitrogens with one attached hydrogen (secondary N) is 1. The summed E-state index contributed by atoms with van der Waals surface area (Å²) in [6, 6.07) is 17.9. The number of rotatable bonds is 7. The lowest BCUT2D eigenvalue weighted by atomic mass is 9.95. The van der Waals surface area contributed by atoms with Crippen molar-refractivity contribution < 1.29 is 9.59 Å². The molecule has 0 spiro atoms. The van der Waals surface area contributed by atoms with Crippen LogP contribution in [0.4, 0.5) is 0 Å². The minimum Gasteiger partial charge on any atom is -0.348 e. The van der Waals surface area contributed by atoms with Crippen LogP contribution >= 0.6 is 0 Å². The second-order valence-electron chi connectivity index (χ2n) is 8.32. The van der Waals surface area contributed by atoms with Crippen LogP contribution < -0.4 is 5.32 Å². The molecule has 2 amide bonds. The molecule has 30 heavy (non-hydrogen) atoms. The topological polar surface area (TPSA) is 52.7 Å². The number of amides is 2. The van der Waals surface area contributed by atoms with Gasteiger partial charge in [-0.05, 0) is 35.6 Å². The van der Waals surface area contributed by atoms with Gasteiger partial charge in [-0.3, -0.25) is 14.5 Å². The van der Waals surface area contributed by atoms with Crippen LogP contribution in [0.25, 0.3) is 0 Å². The van der Waals surface area contributed by atoms with E-state index in [4.69, 9.17) is 0 Å². The number of carbonyl (C=O) groups is 2. The Hall–Kier alpha value is -2.66. The summed E-state index contributed by atoms with van der Waals surface area (Å²) in [5, 5.41) is 3.22. The van der Waals surface area contributed by atoms with Crippen molar-refractivity contribution in [3.63, 3.8) is 0 Å². The van der Waals surface area contributed by atoms with Gasteiger partial charge in [0.05, 0.1) is 12.6 Å². The van der Waals surface area contributed by atoms with Gasteiger partial charge in [-0.25, -0.2) is 0 Å². The van der Waals surface area contributed by atoms with E-state index in [1.54, 1.807) is 0 Å². The minimum absolute atomic E-state index is 0.00403. The summed E-state index contributed by atoms with van der Waals surface area (Å²) < 4.78 is 0. The first-order chi connectivity index (χ1) is 14.5. The molecule has 0 bridgehead atoms. The summed E-state index contributed by atoms with van der Waals surface area (Å²) in [6.45, 7) is 9.49. The minimum atomic E-state index is 0.00403. The Morgan fingerprint density at radius 3 is 2.13 bits per heavy atom. The van der Waals surface area contributed by atoms with Crippen LogP contribution in [0.15, 0.2) is 54.6 Å². The number of carbonyl (C=O) groups excluding carboxylic acids is 2. The van der Waals surface area contributed by atoms with Crippen molar-refractivity contribution in [3.05, 3.63) is 71.3 Å². The molecule has 0 aromatic heterocycles. The third-order valence-corrected chi connectivity index (χ3v) is 5.78. The van der Waals surface area contributed by atoms with E-state index >= 15 is 0 Å². The molecule has 1 aliphatic rings. The number of piperazine rings is 1. The lowest BCUT2D eigenvalue weighted by Gasteiger charge is -2.35. The molecule has 1 aliphatic heterocycles. The molecule has 1 heterocycles. The summed E-state index contributed by atoms with van der Waals surface area (Å²) in [7, 11) is 0. The molecular weight excluding hydrogens is 374 g/mol. The second-order valence-corrected chi connectivity index (χ2v) is 8.32. The second kappa shape index (κ2) is 10.4. The van der Waals surface area contributed by atoms with Crippen LogP contribution in [-0.2, 0) is 11.2 Å². The Labute approximate surface area is 180 Å². The molecule has 160 valence electrons. The summed E-state index contributed by atoms with van der Waals surface area (Å²) >= 11 is 0. The van der Waals surface area contributed by atoms with E-state index in [1.807, 2.05) is 35.2 Å². The molecule has 0 unspecified atom stereocenters. The van der Waals surface area contributed by atoms with Gasteiger partial charge in [0.1, 0.15) is 0 Å². The number of benzene rings is 2. The molecule has 1 atom stereocenters. The smallest absolute Gasteiger partial charge is 0.253 e. The Kier molecular flexibility index (Phi) is 7.63. The molecule has 0 saturated carbocycles. The third kappa shape index (κ3) is 5.70. The summed E-state index contributed by atoms with van der Waals surface area (Å²) in [5.74, 6) is 0.410. The molecule has 0 aliphatic carbocycles. The zero-order valence-corrected chi connectivity index (χ0v) is 18.3. The first-order valence-electron chi connectivity index (χ1n) is 10.9. The van der Waals surface area contributed by atoms with Gasteiger partial charge in [0.15, 0.2) is 0 Å². The number of nitrogens with zero attached hydrogens (tertiary/aromatic N) is 2. The molecule has 1 N–H and O–H groups in total. The van der Waals surface area contributed by atoms with E-state index in [2.05, 4.69) is 55.3 Å². The van der Waals surface area contributed by atoms with Crippen LogP contribution in [0, 0.1) is 5.92 Å². The Bertz CT molecular complexity index is 825. The number of aryl methyl sites for hydroxylation is 1. The van der Waals surface area contributed by atoms with Crippen molar-refractivity contribution in [2.45, 2.75) is 33.2 Å². The largest absolute Gasteiger partial charge is 0.348 e. The average Bonchev–Trinajstić information content (AvgIpc) is 2.78. The first-order valence-corrected chi connectivity index (χ1v) is 10.9. The van der Waals surface area contributed by atoms with E-state index in [-0.39, 0.29) is 17.9 Å². The highest BCUT2D eigenvalue weighted by Crippen LogP contribution is 2.22. The normalized spacial score (nSPS) is 15.8. The summed E-state index contributed by atoms with van der Waals surface area (Å²) in [5.41, 5.74) is 3.17. The predicted molar refractivity (Wildman–Crippen MR) is 120 cm³/mol. The zero-order valence-electron chi connectivity index (χ0n) is 18.3. The third-order valence-electron chi connectivity index (χ3n) is 5.78. The summed E-state index contributed by atoms with van der Waals surface area (Å²) in [6.07, 6.45) is 1.01. The zero-order chi connectivity index (χ0) is 21.5. The monoisotopic (exact) mass is 407 g/mol. The highest BCUT2D eigenvalue weighted by Gasteiger charge is 2.24. The maximum absolute atomic E-state index is 12.7. The van der Waals surface area contributed by atoms with E-state index in [9.17, 15) is 9.59 Å². The standard InChI is InChI=1S/C25H33N3O2/c1-4-20-10-12-21(13-11-20)24(19(2)3)26-23(29)18-27-14-16-28(17-15-27)25(30)22-8-6-5-7-9-22/h5-13,19,24H,4,14-18H2,1-3H3,(H,26,29)/t24-/m0/s1. The Morgan fingerprint density at radius 1 is 0.933 bits per heavy atom. The highest BCUT2D eigenvalue weighted by molar-refractivity contribution is 5.94. The highest BCUT2D eigenvalue weighted by atomic mass is 16.2. The van der Waals surface area contributed by atoms with E-state index < -0.39 is 0 Å². The van der Waals surface area contributed by atoms with Crippen LogP contribution in [0.5, 0.6) is 0 Å². The van der Waals surface area contributed by atoms with Gasteiger partial charge >= 0.3 is 0 Å². The molecule has 1 saturated heterocycles. The molecular formula is C25H33N3O2. The Morgan fingerprint density at radius 2 is 1.57 bits per heavy atom. The fourth-order valence-corrected chi connectivity index (χ4v) is 3.89. The maximum atomic E-state index is 12.7. The van der Waals surface area contributed by atoms with Gasteiger partial charge < -0.3 is 10.2 Å². The van der Waals surface area contributed by atoms with Crippen LogP contribution in [0.3, 0.4) is 0 Å². The van der Waals surface area contributed by atoms with Crippen molar-refractivity contribution in [1.29, 1.82) is 0 Å².